The molecule has 2 aliphatic rings. The molecule has 0 radical (unpaired) electrons. The molecule has 0 bridgehead atoms. The summed E-state index contributed by atoms with van der Waals surface area (Å²) in [5, 5.41) is 0. The third kappa shape index (κ3) is 2.76. The van der Waals surface area contributed by atoms with Gasteiger partial charge < -0.3 is 9.32 Å². The Bertz CT molecular complexity index is 777. The molecule has 1 amide bonds. The van der Waals surface area contributed by atoms with Crippen LogP contribution in [-0.4, -0.2) is 28.5 Å². The minimum absolute atomic E-state index is 0.122. The maximum atomic E-state index is 12.7. The predicted molar refractivity (Wildman–Crippen MR) is 91.9 cm³/mol. The lowest BCUT2D eigenvalue weighted by molar-refractivity contribution is -0.137. The number of benzene rings is 1. The average Bonchev–Trinajstić information content (AvgIpc) is 2.98. The smallest absolute Gasteiger partial charge is 0.408 e. The number of aromatic nitrogens is 1. The van der Waals surface area contributed by atoms with Crippen molar-refractivity contribution in [3.8, 4) is 0 Å². The van der Waals surface area contributed by atoms with Crippen LogP contribution >= 0.6 is 0 Å². The first-order valence-corrected chi connectivity index (χ1v) is 9.13. The Morgan fingerprint density at radius 1 is 1.00 bits per heavy atom. The number of nitrogens with zero attached hydrogens (tertiary/aromatic N) is 2. The molecule has 0 spiro atoms. The molecule has 2 heterocycles. The Morgan fingerprint density at radius 3 is 2.46 bits per heavy atom. The van der Waals surface area contributed by atoms with Gasteiger partial charge in [-0.2, -0.15) is 0 Å². The predicted octanol–water partition coefficient (Wildman–Crippen LogP) is 3.34. The van der Waals surface area contributed by atoms with Crippen molar-refractivity contribution in [2.24, 2.45) is 5.92 Å². The number of carbonyl (C=O) groups excluding carboxylic acids is 1. The highest BCUT2D eigenvalue weighted by atomic mass is 16.4. The van der Waals surface area contributed by atoms with Gasteiger partial charge in [0.2, 0.25) is 5.91 Å². The quantitative estimate of drug-likeness (QED) is 0.849. The minimum atomic E-state index is -0.284. The highest BCUT2D eigenvalue weighted by Gasteiger charge is 2.30. The molecule has 5 nitrogen and oxygen atoms in total. The molecule has 1 aromatic heterocycles. The minimum Gasteiger partial charge on any atom is -0.408 e. The highest BCUT2D eigenvalue weighted by Crippen LogP contribution is 2.29. The lowest BCUT2D eigenvalue weighted by Crippen LogP contribution is -2.43. The van der Waals surface area contributed by atoms with E-state index in [1.807, 2.05) is 29.2 Å². The van der Waals surface area contributed by atoms with Crippen molar-refractivity contribution in [3.05, 3.63) is 34.8 Å². The van der Waals surface area contributed by atoms with E-state index in [1.54, 1.807) is 4.57 Å². The third-order valence-electron chi connectivity index (χ3n) is 5.61. The van der Waals surface area contributed by atoms with Gasteiger partial charge in [-0.15, -0.1) is 0 Å². The first-order chi connectivity index (χ1) is 11.7. The van der Waals surface area contributed by atoms with Gasteiger partial charge in [-0.1, -0.05) is 31.4 Å². The van der Waals surface area contributed by atoms with E-state index >= 15 is 0 Å². The molecule has 1 saturated heterocycles. The van der Waals surface area contributed by atoms with E-state index in [9.17, 15) is 9.59 Å². The topological polar surface area (TPSA) is 55.5 Å². The Morgan fingerprint density at radius 2 is 1.71 bits per heavy atom. The van der Waals surface area contributed by atoms with Crippen LogP contribution in [0.3, 0.4) is 0 Å². The van der Waals surface area contributed by atoms with Gasteiger partial charge in [0.05, 0.1) is 5.52 Å². The summed E-state index contributed by atoms with van der Waals surface area (Å²) in [4.78, 5) is 26.9. The molecule has 2 fully saturated rings. The van der Waals surface area contributed by atoms with Crippen LogP contribution in [0.5, 0.6) is 0 Å². The molecule has 1 aliphatic carbocycles. The zero-order valence-corrected chi connectivity index (χ0v) is 13.9. The molecule has 128 valence electrons. The summed E-state index contributed by atoms with van der Waals surface area (Å²) in [6, 6.07) is 7.68. The van der Waals surface area contributed by atoms with Crippen molar-refractivity contribution in [3.63, 3.8) is 0 Å². The maximum absolute atomic E-state index is 12.7. The fourth-order valence-corrected chi connectivity index (χ4v) is 4.28. The number of rotatable bonds is 2. The van der Waals surface area contributed by atoms with E-state index in [1.165, 1.54) is 19.3 Å². The molecule has 1 aliphatic heterocycles. The molecule has 4 rings (SSSR count). The van der Waals surface area contributed by atoms with E-state index in [4.69, 9.17) is 4.42 Å². The zero-order chi connectivity index (χ0) is 16.5. The van der Waals surface area contributed by atoms with E-state index in [2.05, 4.69) is 0 Å². The second-order valence-electron chi connectivity index (χ2n) is 7.10. The average molecular weight is 328 g/mol. The lowest BCUT2D eigenvalue weighted by atomic mass is 9.87. The number of hydrogen-bond acceptors (Lipinski definition) is 3. The molecule has 2 aromatic rings. The maximum Gasteiger partial charge on any atom is 0.420 e. The Labute approximate surface area is 141 Å². The number of likely N-dealkylation sites (tertiary alicyclic amines) is 1. The molecular weight excluding hydrogens is 304 g/mol. The monoisotopic (exact) mass is 328 g/mol. The number of hydrogen-bond donors (Lipinski definition) is 0. The van der Waals surface area contributed by atoms with Crippen LogP contribution < -0.4 is 5.76 Å². The van der Waals surface area contributed by atoms with Gasteiger partial charge in [0.1, 0.15) is 0 Å². The Kier molecular flexibility index (Phi) is 4.17. The number of carbonyl (C=O) groups is 1. The lowest BCUT2D eigenvalue weighted by Gasteiger charge is -2.35. The van der Waals surface area contributed by atoms with Gasteiger partial charge in [0.15, 0.2) is 5.58 Å². The third-order valence-corrected chi connectivity index (χ3v) is 5.61. The van der Waals surface area contributed by atoms with Gasteiger partial charge in [0, 0.05) is 25.0 Å². The molecule has 0 N–H and O–H groups in total. The highest BCUT2D eigenvalue weighted by molar-refractivity contribution is 5.79. The fraction of sp³-hybridized carbons (Fsp3) is 0.579. The van der Waals surface area contributed by atoms with E-state index in [0.29, 0.717) is 11.5 Å². The summed E-state index contributed by atoms with van der Waals surface area (Å²) in [6.07, 6.45) is 7.37. The van der Waals surface area contributed by atoms with Gasteiger partial charge in [-0.25, -0.2) is 4.79 Å². The van der Waals surface area contributed by atoms with Crippen LogP contribution in [-0.2, 0) is 4.79 Å². The molecule has 0 unspecified atom stereocenters. The summed E-state index contributed by atoms with van der Waals surface area (Å²) < 4.78 is 7.12. The van der Waals surface area contributed by atoms with E-state index in [0.717, 1.165) is 44.3 Å². The first-order valence-electron chi connectivity index (χ1n) is 9.13. The van der Waals surface area contributed by atoms with Crippen LogP contribution in [0, 0.1) is 5.92 Å². The van der Waals surface area contributed by atoms with E-state index in [-0.39, 0.29) is 17.7 Å². The first kappa shape index (κ1) is 15.5. The second kappa shape index (κ2) is 6.46. The van der Waals surface area contributed by atoms with Crippen molar-refractivity contribution in [2.45, 2.75) is 51.0 Å². The van der Waals surface area contributed by atoms with Gasteiger partial charge >= 0.3 is 5.76 Å². The molecule has 5 heteroatoms. The van der Waals surface area contributed by atoms with Crippen LogP contribution in [0.4, 0.5) is 0 Å². The molecule has 1 saturated carbocycles. The summed E-state index contributed by atoms with van der Waals surface area (Å²) in [5.74, 6) is 0.276. The number of para-hydroxylation sites is 2. The van der Waals surface area contributed by atoms with Gasteiger partial charge in [-0.3, -0.25) is 9.36 Å². The number of oxazole rings is 1. The molecule has 0 atom stereocenters. The Balaban J connectivity index is 1.46. The normalized spacial score (nSPS) is 20.6. The van der Waals surface area contributed by atoms with Crippen molar-refractivity contribution in [2.75, 3.05) is 13.1 Å². The standard InChI is InChI=1S/C19H24N2O3/c22-18(14-6-2-1-3-7-14)20-12-10-15(11-13-20)21-16-8-4-5-9-17(16)24-19(21)23/h4-5,8-9,14-15H,1-3,6-7,10-13H2. The van der Waals surface area contributed by atoms with E-state index < -0.39 is 0 Å². The Hall–Kier alpha value is -2.04. The summed E-state index contributed by atoms with van der Waals surface area (Å²) in [5.41, 5.74) is 1.50. The molecule has 24 heavy (non-hydrogen) atoms. The van der Waals surface area contributed by atoms with Crippen molar-refractivity contribution in [1.82, 2.24) is 9.47 Å². The SMILES string of the molecule is O=C(C1CCCCC1)N1CCC(n2c(=O)oc3ccccc32)CC1. The largest absolute Gasteiger partial charge is 0.420 e. The molecule has 1 aromatic carbocycles. The van der Waals surface area contributed by atoms with Crippen LogP contribution in [0.2, 0.25) is 0 Å². The summed E-state index contributed by atoms with van der Waals surface area (Å²) >= 11 is 0. The summed E-state index contributed by atoms with van der Waals surface area (Å²) in [7, 11) is 0. The van der Waals surface area contributed by atoms with Crippen molar-refractivity contribution >= 4 is 17.0 Å². The number of fused-ring (bicyclic) bond motifs is 1. The van der Waals surface area contributed by atoms with Crippen molar-refractivity contribution < 1.29 is 9.21 Å². The van der Waals surface area contributed by atoms with Crippen LogP contribution in [0.25, 0.3) is 11.1 Å². The fourth-order valence-electron chi connectivity index (χ4n) is 4.28. The number of amides is 1. The van der Waals surface area contributed by atoms with Crippen LogP contribution in [0.1, 0.15) is 51.0 Å². The second-order valence-corrected chi connectivity index (χ2v) is 7.10. The van der Waals surface area contributed by atoms with Gasteiger partial charge in [-0.05, 0) is 37.8 Å². The summed E-state index contributed by atoms with van der Waals surface area (Å²) in [6.45, 7) is 1.48. The van der Waals surface area contributed by atoms with Crippen LogP contribution in [0.15, 0.2) is 33.5 Å². The number of piperidine rings is 1. The van der Waals surface area contributed by atoms with Gasteiger partial charge in [0.25, 0.3) is 0 Å². The molecular formula is C19H24N2O3. The van der Waals surface area contributed by atoms with Crippen molar-refractivity contribution in [1.29, 1.82) is 0 Å². The zero-order valence-electron chi connectivity index (χ0n) is 13.9.